The van der Waals surface area contributed by atoms with Gasteiger partial charge < -0.3 is 15.5 Å². The normalized spacial score (nSPS) is 24.9. The average molecular weight is 289 g/mol. The monoisotopic (exact) mass is 289 g/mol. The molecule has 4 heteroatoms. The van der Waals surface area contributed by atoms with Crippen molar-refractivity contribution in [2.45, 2.75) is 39.7 Å². The molecule has 0 saturated carbocycles. The number of amides is 1. The zero-order valence-electron chi connectivity index (χ0n) is 12.8. The average Bonchev–Trinajstić information content (AvgIpc) is 2.53. The third kappa shape index (κ3) is 3.45. The number of aliphatic hydroxyl groups is 1. The van der Waals surface area contributed by atoms with Gasteiger partial charge >= 0.3 is 0 Å². The molecule has 1 aliphatic carbocycles. The predicted molar refractivity (Wildman–Crippen MR) is 83.0 cm³/mol. The molecule has 0 spiro atoms. The van der Waals surface area contributed by atoms with Crippen LogP contribution in [-0.4, -0.2) is 22.2 Å². The molecule has 1 aliphatic rings. The summed E-state index contributed by atoms with van der Waals surface area (Å²) in [5.74, 6) is -0.745. The summed E-state index contributed by atoms with van der Waals surface area (Å²) in [5, 5.41) is 23.0. The molecular weight excluding hydrogens is 266 g/mol. The molecule has 1 unspecified atom stereocenters. The lowest BCUT2D eigenvalue weighted by molar-refractivity contribution is -0.126. The van der Waals surface area contributed by atoms with E-state index < -0.39 is 12.0 Å². The molecule has 4 nitrogen and oxygen atoms in total. The fraction of sp³-hybridized carbons (Fsp3) is 0.471. The van der Waals surface area contributed by atoms with Crippen LogP contribution < -0.4 is 5.32 Å². The van der Waals surface area contributed by atoms with Crippen LogP contribution in [0.2, 0.25) is 0 Å². The highest BCUT2D eigenvalue weighted by Crippen LogP contribution is 2.37. The summed E-state index contributed by atoms with van der Waals surface area (Å²) in [7, 11) is 0. The van der Waals surface area contributed by atoms with Crippen molar-refractivity contribution in [3.05, 3.63) is 35.9 Å². The second kappa shape index (κ2) is 5.90. The van der Waals surface area contributed by atoms with Crippen molar-refractivity contribution in [1.29, 1.82) is 0 Å². The largest absolute Gasteiger partial charge is 0.506 e. The van der Waals surface area contributed by atoms with Crippen LogP contribution in [0.25, 0.3) is 0 Å². The topological polar surface area (TPSA) is 69.6 Å². The Labute approximate surface area is 125 Å². The van der Waals surface area contributed by atoms with Crippen molar-refractivity contribution >= 4 is 11.6 Å². The Morgan fingerprint density at radius 1 is 1.33 bits per heavy atom. The first-order chi connectivity index (χ1) is 9.81. The third-order valence-corrected chi connectivity index (χ3v) is 4.20. The number of phenolic OH excluding ortho intramolecular Hbond substituents is 1. The number of rotatable bonds is 2. The Hall–Kier alpha value is -1.81. The van der Waals surface area contributed by atoms with Crippen LogP contribution in [0.1, 0.15) is 33.6 Å². The molecule has 114 valence electrons. The quantitative estimate of drug-likeness (QED) is 0.579. The first kappa shape index (κ1) is 15.6. The molecule has 1 amide bonds. The van der Waals surface area contributed by atoms with Crippen LogP contribution in [0.5, 0.6) is 5.75 Å². The molecular formula is C17H23NO3. The minimum absolute atomic E-state index is 0.0282. The highest BCUT2D eigenvalue weighted by Gasteiger charge is 2.39. The van der Waals surface area contributed by atoms with Crippen molar-refractivity contribution < 1.29 is 15.0 Å². The minimum Gasteiger partial charge on any atom is -0.506 e. The van der Waals surface area contributed by atoms with E-state index in [9.17, 15) is 15.0 Å². The van der Waals surface area contributed by atoms with Gasteiger partial charge in [0.1, 0.15) is 5.75 Å². The van der Waals surface area contributed by atoms with Gasteiger partial charge in [-0.15, -0.1) is 0 Å². The van der Waals surface area contributed by atoms with Crippen molar-refractivity contribution in [2.24, 2.45) is 11.3 Å². The maximum Gasteiger partial charge on any atom is 0.230 e. The van der Waals surface area contributed by atoms with Gasteiger partial charge in [-0.1, -0.05) is 37.6 Å². The van der Waals surface area contributed by atoms with E-state index in [-0.39, 0.29) is 17.1 Å². The Bertz CT molecular complexity index is 563. The first-order valence-electron chi connectivity index (χ1n) is 7.24. The summed E-state index contributed by atoms with van der Waals surface area (Å²) in [4.78, 5) is 12.5. The molecule has 0 bridgehead atoms. The van der Waals surface area contributed by atoms with E-state index in [1.54, 1.807) is 18.2 Å². The van der Waals surface area contributed by atoms with Gasteiger partial charge in [-0.2, -0.15) is 0 Å². The van der Waals surface area contributed by atoms with Gasteiger partial charge in [0.2, 0.25) is 5.91 Å². The number of nitrogens with one attached hydrogen (secondary N) is 1. The highest BCUT2D eigenvalue weighted by molar-refractivity contribution is 5.94. The van der Waals surface area contributed by atoms with E-state index in [1.807, 2.05) is 20.8 Å². The number of allylic oxidation sites excluding steroid dienone is 2. The van der Waals surface area contributed by atoms with Gasteiger partial charge in [0.15, 0.2) is 0 Å². The molecule has 0 heterocycles. The molecule has 0 saturated heterocycles. The van der Waals surface area contributed by atoms with E-state index in [0.717, 1.165) is 12.0 Å². The number of aliphatic hydroxyl groups excluding tert-OH is 1. The van der Waals surface area contributed by atoms with Crippen molar-refractivity contribution in [2.75, 3.05) is 5.32 Å². The van der Waals surface area contributed by atoms with Gasteiger partial charge in [0, 0.05) is 0 Å². The molecule has 2 atom stereocenters. The van der Waals surface area contributed by atoms with Gasteiger partial charge in [0.25, 0.3) is 0 Å². The minimum atomic E-state index is -0.725. The zero-order chi connectivity index (χ0) is 15.6. The Balaban J connectivity index is 2.21. The fourth-order valence-corrected chi connectivity index (χ4v) is 2.69. The highest BCUT2D eigenvalue weighted by atomic mass is 16.3. The van der Waals surface area contributed by atoms with Crippen molar-refractivity contribution in [3.8, 4) is 5.75 Å². The van der Waals surface area contributed by atoms with Crippen molar-refractivity contribution in [1.82, 2.24) is 0 Å². The zero-order valence-corrected chi connectivity index (χ0v) is 12.8. The lowest BCUT2D eigenvalue weighted by Crippen LogP contribution is -2.41. The Morgan fingerprint density at radius 2 is 2.00 bits per heavy atom. The third-order valence-electron chi connectivity index (χ3n) is 4.20. The van der Waals surface area contributed by atoms with E-state index in [4.69, 9.17) is 0 Å². The van der Waals surface area contributed by atoms with Crippen LogP contribution in [0.3, 0.4) is 0 Å². The summed E-state index contributed by atoms with van der Waals surface area (Å²) in [5.41, 5.74) is 1.13. The van der Waals surface area contributed by atoms with Gasteiger partial charge in [-0.3, -0.25) is 4.79 Å². The Kier molecular flexibility index (Phi) is 4.37. The van der Waals surface area contributed by atoms with Gasteiger partial charge in [0.05, 0.1) is 17.7 Å². The molecule has 1 aromatic carbocycles. The summed E-state index contributed by atoms with van der Waals surface area (Å²) in [6.45, 7) is 5.91. The molecule has 21 heavy (non-hydrogen) atoms. The fourth-order valence-electron chi connectivity index (χ4n) is 2.69. The van der Waals surface area contributed by atoms with E-state index >= 15 is 0 Å². The number of aromatic hydroxyl groups is 1. The maximum atomic E-state index is 12.5. The lowest BCUT2D eigenvalue weighted by atomic mass is 9.77. The maximum absolute atomic E-state index is 12.5. The summed E-state index contributed by atoms with van der Waals surface area (Å²) in [6.07, 6.45) is 2.65. The van der Waals surface area contributed by atoms with E-state index in [0.29, 0.717) is 12.1 Å². The molecule has 3 N–H and O–H groups in total. The number of carbonyl (C=O) groups is 1. The smallest absolute Gasteiger partial charge is 0.230 e. The summed E-state index contributed by atoms with van der Waals surface area (Å²) < 4.78 is 0. The van der Waals surface area contributed by atoms with Crippen LogP contribution in [0.15, 0.2) is 35.9 Å². The molecule has 1 aromatic rings. The SMILES string of the molecule is CC1=CCC(C)(C)C(O)[C@@H](C(=O)Nc2ccccc2O)C1. The summed E-state index contributed by atoms with van der Waals surface area (Å²) >= 11 is 0. The molecule has 0 radical (unpaired) electrons. The summed E-state index contributed by atoms with van der Waals surface area (Å²) in [6, 6.07) is 6.60. The molecule has 0 aliphatic heterocycles. The van der Waals surface area contributed by atoms with Crippen LogP contribution in [0, 0.1) is 11.3 Å². The van der Waals surface area contributed by atoms with Crippen LogP contribution >= 0.6 is 0 Å². The number of benzene rings is 1. The van der Waals surface area contributed by atoms with Gasteiger partial charge in [-0.25, -0.2) is 0 Å². The van der Waals surface area contributed by atoms with Crippen LogP contribution in [-0.2, 0) is 4.79 Å². The second-order valence-corrected chi connectivity index (χ2v) is 6.51. The predicted octanol–water partition coefficient (Wildman–Crippen LogP) is 3.07. The number of para-hydroxylation sites is 2. The first-order valence-corrected chi connectivity index (χ1v) is 7.24. The van der Waals surface area contributed by atoms with Gasteiger partial charge in [-0.05, 0) is 37.3 Å². The number of hydrogen-bond acceptors (Lipinski definition) is 3. The Morgan fingerprint density at radius 3 is 2.67 bits per heavy atom. The molecule has 0 aromatic heterocycles. The number of carbonyl (C=O) groups excluding carboxylic acids is 1. The second-order valence-electron chi connectivity index (χ2n) is 6.51. The van der Waals surface area contributed by atoms with Crippen LogP contribution in [0.4, 0.5) is 5.69 Å². The molecule has 0 fully saturated rings. The molecule has 2 rings (SSSR count). The van der Waals surface area contributed by atoms with Crippen molar-refractivity contribution in [3.63, 3.8) is 0 Å². The number of hydrogen-bond donors (Lipinski definition) is 3. The number of anilines is 1. The lowest BCUT2D eigenvalue weighted by Gasteiger charge is -2.32. The van der Waals surface area contributed by atoms with E-state index in [1.165, 1.54) is 6.07 Å². The standard InChI is InChI=1S/C17H23NO3/c1-11-8-9-17(2,3)15(20)12(10-11)16(21)18-13-6-4-5-7-14(13)19/h4-8,12,15,19-20H,9-10H2,1-3H3,(H,18,21)/t12-,15?/m0/s1. The van der Waals surface area contributed by atoms with E-state index in [2.05, 4.69) is 11.4 Å². The number of phenols is 1.